The third kappa shape index (κ3) is 3.93. The highest BCUT2D eigenvalue weighted by Crippen LogP contribution is 2.22. The Hall–Kier alpha value is -2.14. The molecule has 1 amide bonds. The molecule has 1 saturated heterocycles. The molecular weight excluding hydrogens is 312 g/mol. The molecule has 1 aromatic carbocycles. The molecule has 0 aliphatic carbocycles. The lowest BCUT2D eigenvalue weighted by molar-refractivity contribution is 0.0679. The Bertz CT molecular complexity index is 700. The van der Waals surface area contributed by atoms with Gasteiger partial charge in [-0.3, -0.25) is 9.48 Å². The van der Waals surface area contributed by atoms with E-state index in [1.165, 1.54) is 5.56 Å². The van der Waals surface area contributed by atoms with Crippen molar-refractivity contribution in [3.8, 4) is 0 Å². The number of hydrogen-bond donors (Lipinski definition) is 1. The van der Waals surface area contributed by atoms with Gasteiger partial charge in [-0.15, -0.1) is 0 Å². The standard InChI is InChI=1S/C20H28N4O/c1-3-19-18(13-22-24(19)14-16-7-5-4-6-8-16)20(25)23-11-9-17(10-12-23)15(2)21/h4-8,13,15,17H,3,9-12,14,21H2,1-2H3. The van der Waals surface area contributed by atoms with Crippen molar-refractivity contribution in [3.63, 3.8) is 0 Å². The van der Waals surface area contributed by atoms with Crippen molar-refractivity contribution in [1.29, 1.82) is 0 Å². The number of nitrogens with two attached hydrogens (primary N) is 1. The summed E-state index contributed by atoms with van der Waals surface area (Å²) >= 11 is 0. The van der Waals surface area contributed by atoms with Crippen molar-refractivity contribution in [2.24, 2.45) is 11.7 Å². The largest absolute Gasteiger partial charge is 0.339 e. The van der Waals surface area contributed by atoms with Crippen molar-refractivity contribution in [2.45, 2.75) is 45.7 Å². The third-order valence-corrected chi connectivity index (χ3v) is 5.26. The molecule has 0 bridgehead atoms. The van der Waals surface area contributed by atoms with E-state index in [1.807, 2.05) is 27.8 Å². The smallest absolute Gasteiger partial charge is 0.257 e. The van der Waals surface area contributed by atoms with E-state index in [0.29, 0.717) is 12.5 Å². The van der Waals surface area contributed by atoms with E-state index < -0.39 is 0 Å². The Kier molecular flexibility index (Phi) is 5.53. The highest BCUT2D eigenvalue weighted by Gasteiger charge is 2.27. The molecule has 0 saturated carbocycles. The van der Waals surface area contributed by atoms with E-state index in [2.05, 4.69) is 31.1 Å². The van der Waals surface area contributed by atoms with Crippen LogP contribution in [-0.2, 0) is 13.0 Å². The van der Waals surface area contributed by atoms with Gasteiger partial charge < -0.3 is 10.6 Å². The molecular formula is C20H28N4O. The quantitative estimate of drug-likeness (QED) is 0.910. The number of nitrogens with zero attached hydrogens (tertiary/aromatic N) is 3. The van der Waals surface area contributed by atoms with E-state index in [4.69, 9.17) is 5.73 Å². The average Bonchev–Trinajstić information content (AvgIpc) is 3.04. The third-order valence-electron chi connectivity index (χ3n) is 5.26. The molecule has 134 valence electrons. The predicted molar refractivity (Wildman–Crippen MR) is 99.4 cm³/mol. The van der Waals surface area contributed by atoms with Gasteiger partial charge in [0.25, 0.3) is 5.91 Å². The van der Waals surface area contributed by atoms with Crippen LogP contribution in [-0.4, -0.2) is 39.7 Å². The monoisotopic (exact) mass is 340 g/mol. The minimum absolute atomic E-state index is 0.110. The SMILES string of the molecule is CCc1c(C(=O)N2CCC(C(C)N)CC2)cnn1Cc1ccccc1. The first-order chi connectivity index (χ1) is 12.1. The number of piperidine rings is 1. The van der Waals surface area contributed by atoms with Crippen LogP contribution in [0, 0.1) is 5.92 Å². The predicted octanol–water partition coefficient (Wildman–Crippen LogP) is 2.69. The van der Waals surface area contributed by atoms with E-state index in [-0.39, 0.29) is 11.9 Å². The first kappa shape index (κ1) is 17.7. The molecule has 1 aliphatic rings. The summed E-state index contributed by atoms with van der Waals surface area (Å²) in [6.45, 7) is 6.42. The summed E-state index contributed by atoms with van der Waals surface area (Å²) < 4.78 is 1.96. The van der Waals surface area contributed by atoms with Crippen LogP contribution in [0.2, 0.25) is 0 Å². The maximum absolute atomic E-state index is 13.0. The number of likely N-dealkylation sites (tertiary alicyclic amines) is 1. The molecule has 5 nitrogen and oxygen atoms in total. The minimum atomic E-state index is 0.110. The Morgan fingerprint density at radius 2 is 1.96 bits per heavy atom. The first-order valence-electron chi connectivity index (χ1n) is 9.23. The van der Waals surface area contributed by atoms with E-state index in [9.17, 15) is 4.79 Å². The zero-order valence-electron chi connectivity index (χ0n) is 15.2. The van der Waals surface area contributed by atoms with Crippen LogP contribution in [0.5, 0.6) is 0 Å². The van der Waals surface area contributed by atoms with Crippen molar-refractivity contribution >= 4 is 5.91 Å². The van der Waals surface area contributed by atoms with Crippen molar-refractivity contribution in [1.82, 2.24) is 14.7 Å². The van der Waals surface area contributed by atoms with Gasteiger partial charge in [-0.1, -0.05) is 37.3 Å². The number of carbonyl (C=O) groups excluding carboxylic acids is 1. The summed E-state index contributed by atoms with van der Waals surface area (Å²) in [7, 11) is 0. The van der Waals surface area contributed by atoms with Gasteiger partial charge in [0, 0.05) is 19.1 Å². The van der Waals surface area contributed by atoms with Crippen molar-refractivity contribution in [2.75, 3.05) is 13.1 Å². The van der Waals surface area contributed by atoms with Gasteiger partial charge in [0.05, 0.1) is 24.0 Å². The first-order valence-corrected chi connectivity index (χ1v) is 9.23. The van der Waals surface area contributed by atoms with Crippen LogP contribution in [0.1, 0.15) is 48.3 Å². The highest BCUT2D eigenvalue weighted by atomic mass is 16.2. The summed E-state index contributed by atoms with van der Waals surface area (Å²) in [6, 6.07) is 10.4. The Morgan fingerprint density at radius 1 is 1.28 bits per heavy atom. The Balaban J connectivity index is 1.73. The van der Waals surface area contributed by atoms with Gasteiger partial charge in [0.15, 0.2) is 0 Å². The van der Waals surface area contributed by atoms with Crippen molar-refractivity contribution in [3.05, 3.63) is 53.3 Å². The summed E-state index contributed by atoms with van der Waals surface area (Å²) in [5.74, 6) is 0.634. The van der Waals surface area contributed by atoms with E-state index in [0.717, 1.165) is 43.6 Å². The van der Waals surface area contributed by atoms with Gasteiger partial charge in [0.1, 0.15) is 0 Å². The zero-order valence-corrected chi connectivity index (χ0v) is 15.2. The van der Waals surface area contributed by atoms with E-state index >= 15 is 0 Å². The maximum atomic E-state index is 13.0. The molecule has 0 radical (unpaired) electrons. The van der Waals surface area contributed by atoms with Crippen LogP contribution in [0.3, 0.4) is 0 Å². The normalized spacial score (nSPS) is 16.8. The van der Waals surface area contributed by atoms with Crippen LogP contribution in [0.25, 0.3) is 0 Å². The Labute approximate surface area is 149 Å². The van der Waals surface area contributed by atoms with E-state index in [1.54, 1.807) is 6.20 Å². The van der Waals surface area contributed by atoms with Crippen LogP contribution >= 0.6 is 0 Å². The number of aromatic nitrogens is 2. The van der Waals surface area contributed by atoms with Gasteiger partial charge in [0.2, 0.25) is 0 Å². The zero-order chi connectivity index (χ0) is 17.8. The lowest BCUT2D eigenvalue weighted by Gasteiger charge is -2.33. The van der Waals surface area contributed by atoms with Crippen LogP contribution < -0.4 is 5.73 Å². The molecule has 2 aromatic rings. The molecule has 1 fully saturated rings. The highest BCUT2D eigenvalue weighted by molar-refractivity contribution is 5.95. The molecule has 0 spiro atoms. The lowest BCUT2D eigenvalue weighted by atomic mass is 9.90. The molecule has 1 unspecified atom stereocenters. The number of hydrogen-bond acceptors (Lipinski definition) is 3. The fourth-order valence-corrected chi connectivity index (χ4v) is 3.65. The average molecular weight is 340 g/mol. The molecule has 2 N–H and O–H groups in total. The second-order valence-electron chi connectivity index (χ2n) is 6.99. The Morgan fingerprint density at radius 3 is 2.56 bits per heavy atom. The van der Waals surface area contributed by atoms with Gasteiger partial charge in [-0.25, -0.2) is 0 Å². The number of carbonyl (C=O) groups is 1. The topological polar surface area (TPSA) is 64.2 Å². The molecule has 25 heavy (non-hydrogen) atoms. The van der Waals surface area contributed by atoms with Gasteiger partial charge >= 0.3 is 0 Å². The second kappa shape index (κ2) is 7.83. The summed E-state index contributed by atoms with van der Waals surface area (Å²) in [4.78, 5) is 14.9. The number of amides is 1. The minimum Gasteiger partial charge on any atom is -0.339 e. The molecule has 5 heteroatoms. The molecule has 2 heterocycles. The van der Waals surface area contributed by atoms with Crippen LogP contribution in [0.4, 0.5) is 0 Å². The fourth-order valence-electron chi connectivity index (χ4n) is 3.65. The molecule has 1 atom stereocenters. The second-order valence-corrected chi connectivity index (χ2v) is 6.99. The fraction of sp³-hybridized carbons (Fsp3) is 0.500. The summed E-state index contributed by atoms with van der Waals surface area (Å²) in [5, 5.41) is 4.49. The van der Waals surface area contributed by atoms with Gasteiger partial charge in [-0.2, -0.15) is 5.10 Å². The van der Waals surface area contributed by atoms with Crippen molar-refractivity contribution < 1.29 is 4.79 Å². The molecule has 1 aromatic heterocycles. The number of rotatable bonds is 5. The summed E-state index contributed by atoms with van der Waals surface area (Å²) in [5.41, 5.74) is 8.96. The number of benzene rings is 1. The molecule has 1 aliphatic heterocycles. The lowest BCUT2D eigenvalue weighted by Crippen LogP contribution is -2.42. The summed E-state index contributed by atoms with van der Waals surface area (Å²) in [6.07, 6.45) is 4.51. The van der Waals surface area contributed by atoms with Crippen LogP contribution in [0.15, 0.2) is 36.5 Å². The molecule has 3 rings (SSSR count). The maximum Gasteiger partial charge on any atom is 0.257 e. The van der Waals surface area contributed by atoms with Gasteiger partial charge in [-0.05, 0) is 37.7 Å².